The fourth-order valence-corrected chi connectivity index (χ4v) is 4.04. The van der Waals surface area contributed by atoms with Crippen molar-refractivity contribution in [2.45, 2.75) is 40.3 Å². The summed E-state index contributed by atoms with van der Waals surface area (Å²) in [5.74, 6) is 0.483. The maximum Gasteiger partial charge on any atom is 0.279 e. The van der Waals surface area contributed by atoms with Gasteiger partial charge in [-0.1, -0.05) is 11.3 Å². The highest BCUT2D eigenvalue weighted by Gasteiger charge is 2.11. The number of aryl methyl sites for hydroxylation is 2. The number of benzene rings is 2. The molecule has 28 heavy (non-hydrogen) atoms. The van der Waals surface area contributed by atoms with Gasteiger partial charge >= 0.3 is 0 Å². The minimum Gasteiger partial charge on any atom is -0.491 e. The number of thiazole rings is 1. The number of nitrogens with zero attached hydrogens (tertiary/aromatic N) is 2. The Morgan fingerprint density at radius 2 is 1.82 bits per heavy atom. The fourth-order valence-electron chi connectivity index (χ4n) is 2.91. The lowest BCUT2D eigenvalue weighted by molar-refractivity contribution is 0.0997. The van der Waals surface area contributed by atoms with Crippen molar-refractivity contribution in [1.29, 1.82) is 0 Å². The molecule has 1 amide bonds. The number of fused-ring (bicyclic) bond motifs is 1. The summed E-state index contributed by atoms with van der Waals surface area (Å²) < 4.78 is 14.1. The minimum atomic E-state index is -0.262. The van der Waals surface area contributed by atoms with Crippen molar-refractivity contribution in [3.8, 4) is 5.75 Å². The highest BCUT2D eigenvalue weighted by Crippen LogP contribution is 2.22. The van der Waals surface area contributed by atoms with Crippen LogP contribution in [-0.2, 0) is 11.3 Å². The number of hydrogen-bond donors (Lipinski definition) is 0. The van der Waals surface area contributed by atoms with E-state index in [1.54, 1.807) is 31.4 Å². The van der Waals surface area contributed by atoms with Gasteiger partial charge in [0, 0.05) is 19.2 Å². The number of methoxy groups -OCH3 is 1. The maximum absolute atomic E-state index is 12.7. The molecule has 0 fully saturated rings. The zero-order chi connectivity index (χ0) is 20.3. The highest BCUT2D eigenvalue weighted by atomic mass is 32.1. The van der Waals surface area contributed by atoms with Crippen LogP contribution in [0.25, 0.3) is 10.2 Å². The molecule has 0 aliphatic carbocycles. The average molecular weight is 399 g/mol. The van der Waals surface area contributed by atoms with E-state index in [4.69, 9.17) is 9.47 Å². The molecule has 0 aliphatic rings. The molecule has 1 heterocycles. The zero-order valence-electron chi connectivity index (χ0n) is 17.0. The third kappa shape index (κ3) is 4.51. The zero-order valence-corrected chi connectivity index (χ0v) is 17.8. The van der Waals surface area contributed by atoms with E-state index in [1.165, 1.54) is 22.5 Å². The van der Waals surface area contributed by atoms with Crippen molar-refractivity contribution < 1.29 is 14.3 Å². The third-order valence-electron chi connectivity index (χ3n) is 4.49. The summed E-state index contributed by atoms with van der Waals surface area (Å²) in [4.78, 5) is 17.8. The second-order valence-corrected chi connectivity index (χ2v) is 8.05. The van der Waals surface area contributed by atoms with Crippen LogP contribution in [0.3, 0.4) is 0 Å². The summed E-state index contributed by atoms with van der Waals surface area (Å²) in [7, 11) is 1.67. The van der Waals surface area contributed by atoms with Gasteiger partial charge in [-0.2, -0.15) is 4.99 Å². The molecule has 3 aromatic rings. The highest BCUT2D eigenvalue weighted by molar-refractivity contribution is 7.16. The molecular formula is C22H26N2O3S. The molecule has 0 unspecified atom stereocenters. The van der Waals surface area contributed by atoms with Crippen LogP contribution in [0.15, 0.2) is 41.4 Å². The van der Waals surface area contributed by atoms with E-state index < -0.39 is 0 Å². The first-order valence-corrected chi connectivity index (χ1v) is 10.2. The number of hydrogen-bond acceptors (Lipinski definition) is 4. The van der Waals surface area contributed by atoms with E-state index in [0.29, 0.717) is 23.5 Å². The molecule has 1 aromatic heterocycles. The molecule has 3 rings (SSSR count). The smallest absolute Gasteiger partial charge is 0.279 e. The van der Waals surface area contributed by atoms with Gasteiger partial charge in [-0.3, -0.25) is 4.79 Å². The lowest BCUT2D eigenvalue weighted by atomic mass is 10.1. The molecule has 0 saturated heterocycles. The molecule has 6 heteroatoms. The topological polar surface area (TPSA) is 52.8 Å². The van der Waals surface area contributed by atoms with Crippen LogP contribution < -0.4 is 9.54 Å². The molecule has 0 saturated carbocycles. The van der Waals surface area contributed by atoms with Gasteiger partial charge in [0.1, 0.15) is 5.75 Å². The van der Waals surface area contributed by atoms with Crippen LogP contribution in [0.2, 0.25) is 0 Å². The largest absolute Gasteiger partial charge is 0.491 e. The Hall–Kier alpha value is -2.44. The van der Waals surface area contributed by atoms with Gasteiger partial charge in [0.15, 0.2) is 4.80 Å². The van der Waals surface area contributed by atoms with E-state index in [9.17, 15) is 4.79 Å². The number of amides is 1. The second-order valence-electron chi connectivity index (χ2n) is 7.04. The van der Waals surface area contributed by atoms with Crippen LogP contribution >= 0.6 is 11.3 Å². The first-order chi connectivity index (χ1) is 13.4. The summed E-state index contributed by atoms with van der Waals surface area (Å²) in [5, 5.41) is 0. The summed E-state index contributed by atoms with van der Waals surface area (Å²) in [6.07, 6.45) is 0.0939. The van der Waals surface area contributed by atoms with Gasteiger partial charge in [0.2, 0.25) is 0 Å². The molecule has 0 aliphatic heterocycles. The van der Waals surface area contributed by atoms with Crippen LogP contribution in [0.4, 0.5) is 0 Å². The van der Waals surface area contributed by atoms with Gasteiger partial charge in [0.25, 0.3) is 5.91 Å². The van der Waals surface area contributed by atoms with Crippen molar-refractivity contribution in [2.24, 2.45) is 4.99 Å². The van der Waals surface area contributed by atoms with Crippen molar-refractivity contribution in [3.63, 3.8) is 0 Å². The van der Waals surface area contributed by atoms with E-state index >= 15 is 0 Å². The predicted octanol–water partition coefficient (Wildman–Crippen LogP) is 4.49. The molecule has 0 spiro atoms. The standard InChI is InChI=1S/C22H26N2O3S/c1-14(2)27-18-8-6-17(7-9-18)21(25)23-22-24(10-11-26-5)19-12-15(3)16(4)13-20(19)28-22/h6-9,12-14H,10-11H2,1-5H3. The van der Waals surface area contributed by atoms with Gasteiger partial charge in [-0.25, -0.2) is 0 Å². The molecule has 0 atom stereocenters. The van der Waals surface area contributed by atoms with Crippen LogP contribution in [0.1, 0.15) is 35.3 Å². The summed E-state index contributed by atoms with van der Waals surface area (Å²) in [5.41, 5.74) is 4.07. The van der Waals surface area contributed by atoms with Gasteiger partial charge in [0.05, 0.1) is 22.9 Å². The van der Waals surface area contributed by atoms with Crippen LogP contribution in [-0.4, -0.2) is 30.3 Å². The predicted molar refractivity (Wildman–Crippen MR) is 113 cm³/mol. The van der Waals surface area contributed by atoms with Crippen molar-refractivity contribution in [3.05, 3.63) is 57.9 Å². The van der Waals surface area contributed by atoms with E-state index in [2.05, 4.69) is 35.5 Å². The van der Waals surface area contributed by atoms with Crippen molar-refractivity contribution in [2.75, 3.05) is 13.7 Å². The monoisotopic (exact) mass is 398 g/mol. The molecule has 0 bridgehead atoms. The van der Waals surface area contributed by atoms with Gasteiger partial charge in [-0.15, -0.1) is 0 Å². The Bertz CT molecular complexity index is 1050. The van der Waals surface area contributed by atoms with Gasteiger partial charge < -0.3 is 14.0 Å². The van der Waals surface area contributed by atoms with E-state index in [-0.39, 0.29) is 12.0 Å². The van der Waals surface area contributed by atoms with Crippen molar-refractivity contribution >= 4 is 27.5 Å². The Morgan fingerprint density at radius 1 is 1.14 bits per heavy atom. The summed E-state index contributed by atoms with van der Waals surface area (Å²) in [6.45, 7) is 9.33. The Balaban J connectivity index is 2.00. The Kier molecular flexibility index (Phi) is 6.31. The number of carbonyl (C=O) groups excluding carboxylic acids is 1. The maximum atomic E-state index is 12.7. The molecule has 5 nitrogen and oxygen atoms in total. The second kappa shape index (κ2) is 8.71. The number of rotatable bonds is 6. The van der Waals surface area contributed by atoms with E-state index in [0.717, 1.165) is 16.0 Å². The quantitative estimate of drug-likeness (QED) is 0.615. The third-order valence-corrected chi connectivity index (χ3v) is 5.53. The van der Waals surface area contributed by atoms with Gasteiger partial charge in [-0.05, 0) is 75.2 Å². The summed E-state index contributed by atoms with van der Waals surface area (Å²) in [6, 6.07) is 11.4. The Labute approximate surface area is 169 Å². The average Bonchev–Trinajstić information content (AvgIpc) is 2.96. The normalized spacial score (nSPS) is 12.1. The number of carbonyl (C=O) groups is 1. The molecule has 0 N–H and O–H groups in total. The molecule has 148 valence electrons. The van der Waals surface area contributed by atoms with Crippen LogP contribution in [0, 0.1) is 13.8 Å². The number of ether oxygens (including phenoxy) is 2. The Morgan fingerprint density at radius 3 is 2.46 bits per heavy atom. The molecular weight excluding hydrogens is 372 g/mol. The minimum absolute atomic E-state index is 0.0939. The molecule has 0 radical (unpaired) electrons. The fraction of sp³-hybridized carbons (Fsp3) is 0.364. The van der Waals surface area contributed by atoms with Crippen LogP contribution in [0.5, 0.6) is 5.75 Å². The lowest BCUT2D eigenvalue weighted by Gasteiger charge is -2.09. The lowest BCUT2D eigenvalue weighted by Crippen LogP contribution is -2.19. The first kappa shape index (κ1) is 20.3. The summed E-state index contributed by atoms with van der Waals surface area (Å²) >= 11 is 1.53. The first-order valence-electron chi connectivity index (χ1n) is 9.34. The van der Waals surface area contributed by atoms with Crippen molar-refractivity contribution in [1.82, 2.24) is 4.57 Å². The SMILES string of the molecule is COCCn1c(=NC(=O)c2ccc(OC(C)C)cc2)sc2cc(C)c(C)cc21. The molecule has 2 aromatic carbocycles. The van der Waals surface area contributed by atoms with E-state index in [1.807, 2.05) is 13.8 Å². The number of aromatic nitrogens is 1.